The SMILES string of the molecule is COc1cc(/C=N\NC(=O)c2cccc(C(F)(F)F)c2)cc(Cl)c1OCc1ccc(F)cc1. The molecular weight excluding hydrogens is 464 g/mol. The van der Waals surface area contributed by atoms with E-state index in [0.29, 0.717) is 5.56 Å². The van der Waals surface area contributed by atoms with Crippen molar-refractivity contribution >= 4 is 23.7 Å². The van der Waals surface area contributed by atoms with Gasteiger partial charge in [-0.1, -0.05) is 29.8 Å². The Kier molecular flexibility index (Phi) is 7.55. The van der Waals surface area contributed by atoms with E-state index < -0.39 is 17.6 Å². The number of amides is 1. The molecule has 10 heteroatoms. The van der Waals surface area contributed by atoms with Gasteiger partial charge in [-0.3, -0.25) is 4.79 Å². The van der Waals surface area contributed by atoms with Crippen LogP contribution in [0, 0.1) is 5.82 Å². The Morgan fingerprint density at radius 3 is 2.52 bits per heavy atom. The van der Waals surface area contributed by atoms with Gasteiger partial charge in [-0.25, -0.2) is 9.82 Å². The summed E-state index contributed by atoms with van der Waals surface area (Å²) in [5, 5.41) is 3.96. The predicted molar refractivity (Wildman–Crippen MR) is 115 cm³/mol. The summed E-state index contributed by atoms with van der Waals surface area (Å²) in [6.07, 6.45) is -3.31. The van der Waals surface area contributed by atoms with Gasteiger partial charge >= 0.3 is 6.18 Å². The molecule has 3 aromatic carbocycles. The quantitative estimate of drug-likeness (QED) is 0.262. The topological polar surface area (TPSA) is 59.9 Å². The van der Waals surface area contributed by atoms with E-state index >= 15 is 0 Å². The summed E-state index contributed by atoms with van der Waals surface area (Å²) < 4.78 is 62.4. The van der Waals surface area contributed by atoms with E-state index in [1.807, 2.05) is 0 Å². The van der Waals surface area contributed by atoms with Gasteiger partial charge in [0.15, 0.2) is 11.5 Å². The molecule has 0 bridgehead atoms. The molecule has 0 aliphatic carbocycles. The molecule has 0 unspecified atom stereocenters. The molecule has 5 nitrogen and oxygen atoms in total. The molecule has 0 aliphatic rings. The van der Waals surface area contributed by atoms with Crippen molar-refractivity contribution in [2.75, 3.05) is 7.11 Å². The van der Waals surface area contributed by atoms with Gasteiger partial charge < -0.3 is 9.47 Å². The van der Waals surface area contributed by atoms with Crippen LogP contribution in [0.5, 0.6) is 11.5 Å². The smallest absolute Gasteiger partial charge is 0.416 e. The number of hydrazone groups is 1. The van der Waals surface area contributed by atoms with Crippen molar-refractivity contribution in [3.05, 3.63) is 93.8 Å². The normalized spacial score (nSPS) is 11.5. The van der Waals surface area contributed by atoms with Gasteiger partial charge in [0.1, 0.15) is 12.4 Å². The minimum atomic E-state index is -4.56. The number of hydrogen-bond donors (Lipinski definition) is 1. The second-order valence-electron chi connectivity index (χ2n) is 6.73. The van der Waals surface area contributed by atoms with Crippen LogP contribution in [0.3, 0.4) is 0 Å². The second-order valence-corrected chi connectivity index (χ2v) is 7.13. The Labute approximate surface area is 191 Å². The molecule has 172 valence electrons. The summed E-state index contributed by atoms with van der Waals surface area (Å²) in [5.41, 5.74) is 2.20. The molecule has 0 saturated heterocycles. The van der Waals surface area contributed by atoms with Crippen molar-refractivity contribution in [2.45, 2.75) is 12.8 Å². The van der Waals surface area contributed by atoms with Gasteiger partial charge in [-0.15, -0.1) is 0 Å². The van der Waals surface area contributed by atoms with Crippen LogP contribution < -0.4 is 14.9 Å². The van der Waals surface area contributed by atoms with Crippen molar-refractivity contribution in [3.8, 4) is 11.5 Å². The highest BCUT2D eigenvalue weighted by Crippen LogP contribution is 2.36. The van der Waals surface area contributed by atoms with E-state index in [4.69, 9.17) is 21.1 Å². The second kappa shape index (κ2) is 10.4. The number of ether oxygens (including phenoxy) is 2. The first-order valence-electron chi connectivity index (χ1n) is 9.43. The zero-order valence-corrected chi connectivity index (χ0v) is 17.9. The zero-order valence-electron chi connectivity index (χ0n) is 17.1. The maximum absolute atomic E-state index is 13.0. The van der Waals surface area contributed by atoms with Crippen molar-refractivity contribution in [1.82, 2.24) is 5.43 Å². The van der Waals surface area contributed by atoms with Gasteiger partial charge in [0.05, 0.1) is 23.9 Å². The van der Waals surface area contributed by atoms with E-state index in [9.17, 15) is 22.4 Å². The van der Waals surface area contributed by atoms with Gasteiger partial charge in [0.25, 0.3) is 5.91 Å². The molecule has 0 fully saturated rings. The third kappa shape index (κ3) is 6.45. The number of methoxy groups -OCH3 is 1. The van der Waals surface area contributed by atoms with Crippen LogP contribution in [-0.4, -0.2) is 19.2 Å². The van der Waals surface area contributed by atoms with Crippen molar-refractivity contribution in [1.29, 1.82) is 0 Å². The largest absolute Gasteiger partial charge is 0.493 e. The van der Waals surface area contributed by atoms with Crippen LogP contribution in [0.25, 0.3) is 0 Å². The van der Waals surface area contributed by atoms with Gasteiger partial charge in [-0.05, 0) is 53.6 Å². The van der Waals surface area contributed by atoms with E-state index in [0.717, 1.165) is 23.8 Å². The van der Waals surface area contributed by atoms with E-state index in [1.165, 1.54) is 37.6 Å². The highest BCUT2D eigenvalue weighted by atomic mass is 35.5. The van der Waals surface area contributed by atoms with Crippen LogP contribution in [0.15, 0.2) is 65.8 Å². The van der Waals surface area contributed by atoms with Crippen molar-refractivity contribution < 1.29 is 31.8 Å². The van der Waals surface area contributed by atoms with Crippen LogP contribution in [0.4, 0.5) is 17.6 Å². The zero-order chi connectivity index (χ0) is 24.0. The highest BCUT2D eigenvalue weighted by Gasteiger charge is 2.30. The van der Waals surface area contributed by atoms with Gasteiger partial charge in [0.2, 0.25) is 0 Å². The number of rotatable bonds is 7. The lowest BCUT2D eigenvalue weighted by molar-refractivity contribution is -0.137. The summed E-state index contributed by atoms with van der Waals surface area (Å²) in [7, 11) is 1.41. The first-order chi connectivity index (χ1) is 15.7. The average Bonchev–Trinajstić information content (AvgIpc) is 2.78. The standard InChI is InChI=1S/C23H17ClF4N2O3/c1-32-20-10-15(9-19(24)21(20)33-13-14-5-7-18(25)8-6-14)12-29-30-22(31)16-3-2-4-17(11-16)23(26,27)28/h2-12H,13H2,1H3,(H,30,31)/b29-12-. The Morgan fingerprint density at radius 1 is 1.12 bits per heavy atom. The molecule has 0 heterocycles. The molecule has 1 N–H and O–H groups in total. The molecule has 0 saturated carbocycles. The molecule has 33 heavy (non-hydrogen) atoms. The molecule has 3 rings (SSSR count). The summed E-state index contributed by atoms with van der Waals surface area (Å²) in [5.74, 6) is -0.628. The molecule has 3 aromatic rings. The fraction of sp³-hybridized carbons (Fsp3) is 0.130. The molecule has 0 radical (unpaired) electrons. The fourth-order valence-electron chi connectivity index (χ4n) is 2.76. The molecule has 0 aliphatic heterocycles. The molecule has 1 amide bonds. The van der Waals surface area contributed by atoms with E-state index in [2.05, 4.69) is 10.5 Å². The van der Waals surface area contributed by atoms with E-state index in [1.54, 1.807) is 18.2 Å². The van der Waals surface area contributed by atoms with Crippen LogP contribution in [0.2, 0.25) is 5.02 Å². The lowest BCUT2D eigenvalue weighted by Gasteiger charge is -2.13. The van der Waals surface area contributed by atoms with Crippen LogP contribution in [-0.2, 0) is 12.8 Å². The van der Waals surface area contributed by atoms with Crippen LogP contribution in [0.1, 0.15) is 27.0 Å². The highest BCUT2D eigenvalue weighted by molar-refractivity contribution is 6.32. The third-order valence-corrected chi connectivity index (χ3v) is 4.66. The Morgan fingerprint density at radius 2 is 1.85 bits per heavy atom. The number of carbonyl (C=O) groups is 1. The minimum Gasteiger partial charge on any atom is -0.493 e. The third-order valence-electron chi connectivity index (χ3n) is 4.38. The Balaban J connectivity index is 1.69. The molecule has 0 atom stereocenters. The van der Waals surface area contributed by atoms with Crippen molar-refractivity contribution in [2.24, 2.45) is 5.10 Å². The number of halogens is 5. The number of carbonyl (C=O) groups excluding carboxylic acids is 1. The van der Waals surface area contributed by atoms with Gasteiger partial charge in [-0.2, -0.15) is 18.3 Å². The van der Waals surface area contributed by atoms with Gasteiger partial charge in [0, 0.05) is 5.56 Å². The predicted octanol–water partition coefficient (Wildman–Crippen LogP) is 5.85. The Hall–Kier alpha value is -3.59. The minimum absolute atomic E-state index is 0.122. The maximum atomic E-state index is 13.0. The number of benzene rings is 3. The summed E-state index contributed by atoms with van der Waals surface area (Å²) in [6, 6.07) is 12.8. The summed E-state index contributed by atoms with van der Waals surface area (Å²) in [6.45, 7) is 0.122. The monoisotopic (exact) mass is 480 g/mol. The first-order valence-corrected chi connectivity index (χ1v) is 9.80. The lowest BCUT2D eigenvalue weighted by atomic mass is 10.1. The number of hydrogen-bond acceptors (Lipinski definition) is 4. The fourth-order valence-corrected chi connectivity index (χ4v) is 3.03. The number of alkyl halides is 3. The summed E-state index contributed by atoms with van der Waals surface area (Å²) in [4.78, 5) is 12.1. The Bertz CT molecular complexity index is 1170. The van der Waals surface area contributed by atoms with Crippen molar-refractivity contribution in [3.63, 3.8) is 0 Å². The summed E-state index contributed by atoms with van der Waals surface area (Å²) >= 11 is 6.28. The molecule has 0 aromatic heterocycles. The molecular formula is C23H17ClF4N2O3. The van der Waals surface area contributed by atoms with Crippen LogP contribution >= 0.6 is 11.6 Å². The first kappa shape index (κ1) is 24.1. The van der Waals surface area contributed by atoms with E-state index in [-0.39, 0.29) is 34.5 Å². The number of nitrogens with zero attached hydrogens (tertiary/aromatic N) is 1. The molecule has 0 spiro atoms. The number of nitrogens with one attached hydrogen (secondary N) is 1. The lowest BCUT2D eigenvalue weighted by Crippen LogP contribution is -2.18. The maximum Gasteiger partial charge on any atom is 0.416 e. The average molecular weight is 481 g/mol.